The number of nitrogens with zero attached hydrogens (tertiary/aromatic N) is 2. The topological polar surface area (TPSA) is 38.0 Å². The first-order chi connectivity index (χ1) is 5.84. The average Bonchev–Trinajstić information content (AvgIpc) is 2.28. The van der Waals surface area contributed by atoms with Crippen molar-refractivity contribution in [1.29, 1.82) is 0 Å². The van der Waals surface area contributed by atoms with Crippen molar-refractivity contribution < 1.29 is 18.3 Å². The van der Waals surface area contributed by atoms with Gasteiger partial charge in [0.25, 0.3) is 0 Å². The average molecular weight is 194 g/mol. The predicted molar refractivity (Wildman–Crippen MR) is 39.0 cm³/mol. The molecule has 0 aliphatic heterocycles. The molecule has 1 atom stereocenters. The summed E-state index contributed by atoms with van der Waals surface area (Å²) in [6, 6.07) is 0. The molecule has 74 valence electrons. The van der Waals surface area contributed by atoms with Crippen molar-refractivity contribution in [1.82, 2.24) is 9.78 Å². The Kier molecular flexibility index (Phi) is 2.34. The third-order valence-corrected chi connectivity index (χ3v) is 1.75. The lowest BCUT2D eigenvalue weighted by Crippen LogP contribution is -2.23. The molecule has 1 aromatic rings. The second-order valence-corrected chi connectivity index (χ2v) is 2.78. The number of alkyl halides is 3. The summed E-state index contributed by atoms with van der Waals surface area (Å²) in [7, 11) is 1.36. The van der Waals surface area contributed by atoms with E-state index < -0.39 is 12.3 Å². The molecule has 0 fully saturated rings. The third kappa shape index (κ3) is 1.82. The number of aromatic nitrogens is 2. The van der Waals surface area contributed by atoms with E-state index in [0.717, 1.165) is 4.68 Å². The van der Waals surface area contributed by atoms with E-state index in [1.54, 1.807) is 0 Å². The van der Waals surface area contributed by atoms with Crippen molar-refractivity contribution in [2.24, 2.45) is 7.05 Å². The van der Waals surface area contributed by atoms with Crippen molar-refractivity contribution in [2.75, 3.05) is 0 Å². The quantitative estimate of drug-likeness (QED) is 0.732. The molecule has 0 spiro atoms. The van der Waals surface area contributed by atoms with Crippen molar-refractivity contribution >= 4 is 0 Å². The fourth-order valence-electron chi connectivity index (χ4n) is 1.10. The third-order valence-electron chi connectivity index (χ3n) is 1.75. The van der Waals surface area contributed by atoms with Gasteiger partial charge in [-0.15, -0.1) is 0 Å². The lowest BCUT2D eigenvalue weighted by Gasteiger charge is -2.15. The van der Waals surface area contributed by atoms with Crippen molar-refractivity contribution in [2.45, 2.75) is 19.2 Å². The van der Waals surface area contributed by atoms with Crippen LogP contribution < -0.4 is 0 Å². The maximum absolute atomic E-state index is 12.1. The van der Waals surface area contributed by atoms with Crippen LogP contribution in [-0.2, 0) is 7.05 Å². The number of hydrogen-bond donors (Lipinski definition) is 1. The molecule has 0 unspecified atom stereocenters. The Labute approximate surface area is 72.8 Å². The molecule has 13 heavy (non-hydrogen) atoms. The van der Waals surface area contributed by atoms with Gasteiger partial charge in [0, 0.05) is 7.05 Å². The molecule has 6 heteroatoms. The largest absolute Gasteiger partial charge is 0.420 e. The molecule has 1 rings (SSSR count). The van der Waals surface area contributed by atoms with Gasteiger partial charge in [-0.25, -0.2) is 0 Å². The standard InChI is InChI=1S/C7H9F3N2O/c1-4-3-11-12(2)5(4)6(13)7(8,9)10/h3,6,13H,1-2H3/t6-/m1/s1. The second kappa shape index (κ2) is 3.02. The van der Waals surface area contributed by atoms with Gasteiger partial charge >= 0.3 is 6.18 Å². The van der Waals surface area contributed by atoms with Crippen LogP contribution in [0.5, 0.6) is 0 Å². The first-order valence-electron chi connectivity index (χ1n) is 3.57. The van der Waals surface area contributed by atoms with Crippen LogP contribution >= 0.6 is 0 Å². The predicted octanol–water partition coefficient (Wildman–Crippen LogP) is 1.32. The molecule has 0 amide bonds. The van der Waals surface area contributed by atoms with Gasteiger partial charge in [-0.2, -0.15) is 18.3 Å². The Bertz CT molecular complexity index is 286. The Balaban J connectivity index is 3.08. The summed E-state index contributed by atoms with van der Waals surface area (Å²) < 4.78 is 37.3. The molecule has 3 nitrogen and oxygen atoms in total. The summed E-state index contributed by atoms with van der Waals surface area (Å²) in [5.41, 5.74) is 0.111. The van der Waals surface area contributed by atoms with Crippen LogP contribution in [0.4, 0.5) is 13.2 Å². The zero-order valence-corrected chi connectivity index (χ0v) is 7.13. The van der Waals surface area contributed by atoms with Crippen molar-refractivity contribution in [3.8, 4) is 0 Å². The highest BCUT2D eigenvalue weighted by Crippen LogP contribution is 2.33. The molecule has 0 saturated heterocycles. The molecule has 0 saturated carbocycles. The summed E-state index contributed by atoms with van der Waals surface area (Å²) in [5.74, 6) is 0. The Morgan fingerprint density at radius 2 is 2.08 bits per heavy atom. The van der Waals surface area contributed by atoms with E-state index in [2.05, 4.69) is 5.10 Å². The molecule has 0 aromatic carbocycles. The minimum absolute atomic E-state index is 0.215. The molecule has 0 aliphatic carbocycles. The molecule has 1 heterocycles. The highest BCUT2D eigenvalue weighted by atomic mass is 19.4. The lowest BCUT2D eigenvalue weighted by atomic mass is 10.2. The maximum atomic E-state index is 12.1. The Morgan fingerprint density at radius 1 is 1.54 bits per heavy atom. The van der Waals surface area contributed by atoms with E-state index >= 15 is 0 Å². The van der Waals surface area contributed by atoms with Crippen LogP contribution in [0.1, 0.15) is 17.4 Å². The van der Waals surface area contributed by atoms with Gasteiger partial charge in [0.1, 0.15) is 0 Å². The van der Waals surface area contributed by atoms with Crippen LogP contribution in [-0.4, -0.2) is 21.1 Å². The monoisotopic (exact) mass is 194 g/mol. The highest BCUT2D eigenvalue weighted by molar-refractivity contribution is 5.19. The first kappa shape index (κ1) is 10.0. The molecular formula is C7H9F3N2O. The van der Waals surface area contributed by atoms with Crippen LogP contribution in [0.2, 0.25) is 0 Å². The first-order valence-corrected chi connectivity index (χ1v) is 3.57. The minimum Gasteiger partial charge on any atom is -0.378 e. The molecule has 0 bridgehead atoms. The SMILES string of the molecule is Cc1cnn(C)c1[C@@H](O)C(F)(F)F. The van der Waals surface area contributed by atoms with Crippen molar-refractivity contribution in [3.63, 3.8) is 0 Å². The van der Waals surface area contributed by atoms with E-state index in [0.29, 0.717) is 5.56 Å². The van der Waals surface area contributed by atoms with E-state index in [1.807, 2.05) is 0 Å². The molecular weight excluding hydrogens is 185 g/mol. The second-order valence-electron chi connectivity index (χ2n) is 2.78. The van der Waals surface area contributed by atoms with E-state index in [4.69, 9.17) is 5.11 Å². The maximum Gasteiger partial charge on any atom is 0.420 e. The van der Waals surface area contributed by atoms with Crippen LogP contribution in [0.3, 0.4) is 0 Å². The van der Waals surface area contributed by atoms with Gasteiger partial charge in [0.2, 0.25) is 0 Å². The number of rotatable bonds is 1. The van der Waals surface area contributed by atoms with Gasteiger partial charge in [0.15, 0.2) is 6.10 Å². The van der Waals surface area contributed by atoms with E-state index in [1.165, 1.54) is 20.2 Å². The van der Waals surface area contributed by atoms with Crippen LogP contribution in [0.15, 0.2) is 6.20 Å². The van der Waals surface area contributed by atoms with Crippen LogP contribution in [0.25, 0.3) is 0 Å². The zero-order chi connectivity index (χ0) is 10.2. The van der Waals surface area contributed by atoms with E-state index in [-0.39, 0.29) is 5.69 Å². The summed E-state index contributed by atoms with van der Waals surface area (Å²) in [4.78, 5) is 0. The van der Waals surface area contributed by atoms with Gasteiger partial charge < -0.3 is 5.11 Å². The number of aliphatic hydroxyl groups is 1. The summed E-state index contributed by atoms with van der Waals surface area (Å²) >= 11 is 0. The molecule has 0 aliphatic rings. The fourth-order valence-corrected chi connectivity index (χ4v) is 1.10. The summed E-state index contributed by atoms with van der Waals surface area (Å²) in [6.45, 7) is 1.47. The number of halogens is 3. The molecule has 1 aromatic heterocycles. The lowest BCUT2D eigenvalue weighted by molar-refractivity contribution is -0.208. The minimum atomic E-state index is -4.64. The summed E-state index contributed by atoms with van der Waals surface area (Å²) in [5, 5.41) is 12.5. The van der Waals surface area contributed by atoms with Gasteiger partial charge in [-0.3, -0.25) is 4.68 Å². The Morgan fingerprint density at radius 3 is 2.38 bits per heavy atom. The van der Waals surface area contributed by atoms with Gasteiger partial charge in [-0.05, 0) is 12.5 Å². The fraction of sp³-hybridized carbons (Fsp3) is 0.571. The van der Waals surface area contributed by atoms with E-state index in [9.17, 15) is 13.2 Å². The smallest absolute Gasteiger partial charge is 0.378 e. The number of aryl methyl sites for hydroxylation is 2. The van der Waals surface area contributed by atoms with Crippen LogP contribution in [0, 0.1) is 6.92 Å². The van der Waals surface area contributed by atoms with Gasteiger partial charge in [0.05, 0.1) is 11.9 Å². The normalized spacial score (nSPS) is 14.6. The molecule has 1 N–H and O–H groups in total. The van der Waals surface area contributed by atoms with Gasteiger partial charge in [-0.1, -0.05) is 0 Å². The molecule has 0 radical (unpaired) electrons. The summed E-state index contributed by atoms with van der Waals surface area (Å²) in [6.07, 6.45) is -5.82. The highest BCUT2D eigenvalue weighted by Gasteiger charge is 2.41. The Hall–Kier alpha value is -1.04. The zero-order valence-electron chi connectivity index (χ0n) is 7.13. The number of hydrogen-bond acceptors (Lipinski definition) is 2. The van der Waals surface area contributed by atoms with Crippen molar-refractivity contribution in [3.05, 3.63) is 17.5 Å². The number of aliphatic hydroxyl groups excluding tert-OH is 1.